The lowest BCUT2D eigenvalue weighted by atomic mass is 10.1. The van der Waals surface area contributed by atoms with Gasteiger partial charge in [0.25, 0.3) is 0 Å². The lowest BCUT2D eigenvalue weighted by Gasteiger charge is -2.34. The molecule has 0 radical (unpaired) electrons. The van der Waals surface area contributed by atoms with E-state index >= 15 is 0 Å². The number of aromatic nitrogens is 2. The fourth-order valence-corrected chi connectivity index (χ4v) is 3.35. The Morgan fingerprint density at radius 2 is 1.84 bits per heavy atom. The van der Waals surface area contributed by atoms with Crippen LogP contribution in [0.4, 0.5) is 5.82 Å². The summed E-state index contributed by atoms with van der Waals surface area (Å²) in [6, 6.07) is 6.40. The number of benzene rings is 1. The molecule has 1 aromatic heterocycles. The van der Waals surface area contributed by atoms with E-state index in [0.29, 0.717) is 0 Å². The summed E-state index contributed by atoms with van der Waals surface area (Å²) in [5, 5.41) is 13.6. The lowest BCUT2D eigenvalue weighted by Crippen LogP contribution is -2.47. The highest BCUT2D eigenvalue weighted by Gasteiger charge is 2.15. The second-order valence-corrected chi connectivity index (χ2v) is 6.61. The van der Waals surface area contributed by atoms with Crippen molar-refractivity contribution in [3.05, 3.63) is 30.1 Å². The summed E-state index contributed by atoms with van der Waals surface area (Å²) in [6.07, 6.45) is 3.75. The summed E-state index contributed by atoms with van der Waals surface area (Å²) in [7, 11) is 0. The van der Waals surface area contributed by atoms with Crippen molar-refractivity contribution in [2.24, 2.45) is 0 Å². The van der Waals surface area contributed by atoms with Gasteiger partial charge in [-0.1, -0.05) is 13.0 Å². The third-order valence-corrected chi connectivity index (χ3v) is 4.93. The number of aliphatic hydroxyl groups is 1. The molecule has 2 heterocycles. The number of aryl methyl sites for hydroxylation is 1. The molecule has 2 N–H and O–H groups in total. The van der Waals surface area contributed by atoms with Crippen LogP contribution >= 0.6 is 0 Å². The molecule has 0 saturated carbocycles. The summed E-state index contributed by atoms with van der Waals surface area (Å²) in [5.74, 6) is 0.938. The van der Waals surface area contributed by atoms with Gasteiger partial charge in [-0.2, -0.15) is 0 Å². The standard InChI is InChI=1S/C19H29N5O/c1-2-16-4-5-18-17(14-16)19(22-15-21-18)20-6-3-7-23-8-10-24(11-9-23)12-13-25/h4-5,14-15,25H,2-3,6-13H2,1H3,(H,20,21,22). The van der Waals surface area contributed by atoms with Gasteiger partial charge in [0.2, 0.25) is 0 Å². The van der Waals surface area contributed by atoms with E-state index in [2.05, 4.69) is 50.2 Å². The normalized spacial score (nSPS) is 16.4. The van der Waals surface area contributed by atoms with Gasteiger partial charge in [-0.25, -0.2) is 9.97 Å². The molecule has 0 atom stereocenters. The van der Waals surface area contributed by atoms with E-state index in [0.717, 1.165) is 75.4 Å². The van der Waals surface area contributed by atoms with Crippen LogP contribution in [-0.2, 0) is 6.42 Å². The van der Waals surface area contributed by atoms with Gasteiger partial charge in [-0.3, -0.25) is 4.90 Å². The van der Waals surface area contributed by atoms with Crippen molar-refractivity contribution in [3.8, 4) is 0 Å². The van der Waals surface area contributed by atoms with Crippen molar-refractivity contribution in [2.75, 3.05) is 57.7 Å². The molecule has 3 rings (SSSR count). The minimum absolute atomic E-state index is 0.260. The Morgan fingerprint density at radius 3 is 2.56 bits per heavy atom. The van der Waals surface area contributed by atoms with Crippen LogP contribution in [0.25, 0.3) is 10.9 Å². The Bertz CT molecular complexity index is 670. The van der Waals surface area contributed by atoms with E-state index in [1.807, 2.05) is 0 Å². The Kier molecular flexibility index (Phi) is 6.55. The second-order valence-electron chi connectivity index (χ2n) is 6.61. The summed E-state index contributed by atoms with van der Waals surface area (Å²) in [4.78, 5) is 13.6. The third-order valence-electron chi connectivity index (χ3n) is 4.93. The quantitative estimate of drug-likeness (QED) is 0.710. The van der Waals surface area contributed by atoms with Crippen LogP contribution in [0.2, 0.25) is 0 Å². The lowest BCUT2D eigenvalue weighted by molar-refractivity contribution is 0.112. The number of hydrogen-bond acceptors (Lipinski definition) is 6. The molecule has 1 aliphatic rings. The molecule has 25 heavy (non-hydrogen) atoms. The average Bonchev–Trinajstić information content (AvgIpc) is 2.66. The molecule has 0 spiro atoms. The zero-order valence-corrected chi connectivity index (χ0v) is 15.1. The molecule has 0 aliphatic carbocycles. The number of β-amino-alcohol motifs (C(OH)–C–C–N with tert-alkyl or cyclic N) is 1. The van der Waals surface area contributed by atoms with Crippen molar-refractivity contribution in [1.82, 2.24) is 19.8 Å². The van der Waals surface area contributed by atoms with Crippen LogP contribution in [0.3, 0.4) is 0 Å². The monoisotopic (exact) mass is 343 g/mol. The first-order chi connectivity index (χ1) is 12.3. The highest BCUT2D eigenvalue weighted by Crippen LogP contribution is 2.20. The van der Waals surface area contributed by atoms with Gasteiger partial charge >= 0.3 is 0 Å². The molecule has 6 nitrogen and oxygen atoms in total. The van der Waals surface area contributed by atoms with Gasteiger partial charge in [0.15, 0.2) is 0 Å². The summed E-state index contributed by atoms with van der Waals surface area (Å²) >= 11 is 0. The first kappa shape index (κ1) is 18.0. The highest BCUT2D eigenvalue weighted by atomic mass is 16.3. The molecule has 2 aromatic rings. The van der Waals surface area contributed by atoms with E-state index in [4.69, 9.17) is 5.11 Å². The minimum atomic E-state index is 0.260. The Balaban J connectivity index is 1.47. The maximum atomic E-state index is 9.00. The van der Waals surface area contributed by atoms with Crippen molar-refractivity contribution >= 4 is 16.7 Å². The molecule has 6 heteroatoms. The van der Waals surface area contributed by atoms with Gasteiger partial charge in [0.1, 0.15) is 12.1 Å². The van der Waals surface area contributed by atoms with E-state index in [1.165, 1.54) is 5.56 Å². The average molecular weight is 343 g/mol. The van der Waals surface area contributed by atoms with Gasteiger partial charge in [-0.05, 0) is 37.1 Å². The van der Waals surface area contributed by atoms with Gasteiger partial charge in [-0.15, -0.1) is 0 Å². The molecule has 1 fully saturated rings. The Morgan fingerprint density at radius 1 is 1.08 bits per heavy atom. The van der Waals surface area contributed by atoms with Gasteiger partial charge < -0.3 is 15.3 Å². The van der Waals surface area contributed by atoms with Crippen LogP contribution in [0, 0.1) is 0 Å². The Hall–Kier alpha value is -1.76. The molecular formula is C19H29N5O. The molecule has 0 amide bonds. The van der Waals surface area contributed by atoms with Gasteiger partial charge in [0.05, 0.1) is 12.1 Å². The largest absolute Gasteiger partial charge is 0.395 e. The molecule has 1 aliphatic heterocycles. The zero-order chi connectivity index (χ0) is 17.5. The fraction of sp³-hybridized carbons (Fsp3) is 0.579. The van der Waals surface area contributed by atoms with E-state index in [1.54, 1.807) is 6.33 Å². The number of hydrogen-bond donors (Lipinski definition) is 2. The third kappa shape index (κ3) is 4.87. The van der Waals surface area contributed by atoms with Gasteiger partial charge in [0, 0.05) is 44.7 Å². The van der Waals surface area contributed by atoms with Crippen LogP contribution < -0.4 is 5.32 Å². The number of piperazine rings is 1. The van der Waals surface area contributed by atoms with Crippen LogP contribution in [0.1, 0.15) is 18.9 Å². The number of rotatable bonds is 8. The van der Waals surface area contributed by atoms with Crippen LogP contribution in [-0.4, -0.2) is 77.3 Å². The predicted octanol–water partition coefficient (Wildman–Crippen LogP) is 1.60. The van der Waals surface area contributed by atoms with E-state index < -0.39 is 0 Å². The number of fused-ring (bicyclic) bond motifs is 1. The first-order valence-corrected chi connectivity index (χ1v) is 9.33. The van der Waals surface area contributed by atoms with E-state index in [9.17, 15) is 0 Å². The molecule has 1 saturated heterocycles. The topological polar surface area (TPSA) is 64.5 Å². The maximum absolute atomic E-state index is 9.00. The van der Waals surface area contributed by atoms with Crippen LogP contribution in [0.5, 0.6) is 0 Å². The molecular weight excluding hydrogens is 314 g/mol. The molecule has 1 aromatic carbocycles. The number of anilines is 1. The number of nitrogens with one attached hydrogen (secondary N) is 1. The molecule has 0 unspecified atom stereocenters. The van der Waals surface area contributed by atoms with Crippen molar-refractivity contribution in [1.29, 1.82) is 0 Å². The van der Waals surface area contributed by atoms with Crippen molar-refractivity contribution < 1.29 is 5.11 Å². The number of nitrogens with zero attached hydrogens (tertiary/aromatic N) is 4. The summed E-state index contributed by atoms with van der Waals surface area (Å²) < 4.78 is 0. The summed E-state index contributed by atoms with van der Waals surface area (Å²) in [6.45, 7) is 9.55. The SMILES string of the molecule is CCc1ccc2ncnc(NCCCN3CCN(CCO)CC3)c2c1. The van der Waals surface area contributed by atoms with Crippen molar-refractivity contribution in [2.45, 2.75) is 19.8 Å². The molecule has 136 valence electrons. The van der Waals surface area contributed by atoms with Crippen LogP contribution in [0.15, 0.2) is 24.5 Å². The fourth-order valence-electron chi connectivity index (χ4n) is 3.35. The predicted molar refractivity (Wildman–Crippen MR) is 102 cm³/mol. The van der Waals surface area contributed by atoms with E-state index in [-0.39, 0.29) is 6.61 Å². The second kappa shape index (κ2) is 9.08. The Labute approximate surface area is 149 Å². The summed E-state index contributed by atoms with van der Waals surface area (Å²) in [5.41, 5.74) is 2.31. The van der Waals surface area contributed by atoms with Crippen molar-refractivity contribution in [3.63, 3.8) is 0 Å². The number of aliphatic hydroxyl groups excluding tert-OH is 1. The minimum Gasteiger partial charge on any atom is -0.395 e. The molecule has 0 bridgehead atoms. The maximum Gasteiger partial charge on any atom is 0.137 e. The highest BCUT2D eigenvalue weighted by molar-refractivity contribution is 5.89. The smallest absolute Gasteiger partial charge is 0.137 e. The zero-order valence-electron chi connectivity index (χ0n) is 15.1. The first-order valence-electron chi connectivity index (χ1n) is 9.33.